The van der Waals surface area contributed by atoms with Crippen LogP contribution in [0.25, 0.3) is 0 Å². The molecule has 2 rings (SSSR count). The first kappa shape index (κ1) is 13.6. The largest absolute Gasteiger partial charge is 0.358 e. The van der Waals surface area contributed by atoms with E-state index in [2.05, 4.69) is 33.9 Å². The first-order valence-corrected chi connectivity index (χ1v) is 6.99. The molecule has 0 aromatic carbocycles. The van der Waals surface area contributed by atoms with Gasteiger partial charge in [-0.15, -0.1) is 11.6 Å². The van der Waals surface area contributed by atoms with Crippen molar-refractivity contribution >= 4 is 17.4 Å². The molecule has 2 heterocycles. The fourth-order valence-corrected chi connectivity index (χ4v) is 2.48. The maximum atomic E-state index is 5.71. The van der Waals surface area contributed by atoms with Crippen molar-refractivity contribution in [2.45, 2.75) is 18.7 Å². The van der Waals surface area contributed by atoms with Gasteiger partial charge in [0.1, 0.15) is 5.82 Å². The Morgan fingerprint density at radius 3 is 2.61 bits per heavy atom. The van der Waals surface area contributed by atoms with Crippen molar-refractivity contribution in [3.63, 3.8) is 0 Å². The minimum Gasteiger partial charge on any atom is -0.358 e. The highest BCUT2D eigenvalue weighted by molar-refractivity contribution is 6.16. The van der Waals surface area contributed by atoms with Crippen LogP contribution in [0.4, 0.5) is 5.82 Å². The van der Waals surface area contributed by atoms with E-state index in [1.807, 2.05) is 6.20 Å². The molecule has 1 aromatic rings. The lowest BCUT2D eigenvalue weighted by atomic mass is 9.97. The van der Waals surface area contributed by atoms with Crippen LogP contribution in [0.3, 0.4) is 0 Å². The summed E-state index contributed by atoms with van der Waals surface area (Å²) in [7, 11) is 4.28. The molecule has 1 aliphatic heterocycles. The summed E-state index contributed by atoms with van der Waals surface area (Å²) in [5.74, 6) is 2.12. The summed E-state index contributed by atoms with van der Waals surface area (Å²) < 4.78 is 0. The number of halogens is 1. The van der Waals surface area contributed by atoms with E-state index in [0.717, 1.165) is 24.0 Å². The van der Waals surface area contributed by atoms with Crippen molar-refractivity contribution in [2.24, 2.45) is 5.92 Å². The summed E-state index contributed by atoms with van der Waals surface area (Å²) in [6, 6.07) is 0. The molecule has 0 unspecified atom stereocenters. The minimum atomic E-state index is 0.423. The fraction of sp³-hybridized carbons (Fsp3) is 0.692. The molecular weight excluding hydrogens is 248 g/mol. The number of anilines is 1. The van der Waals surface area contributed by atoms with E-state index < -0.39 is 0 Å². The Labute approximate surface area is 114 Å². The lowest BCUT2D eigenvalue weighted by Crippen LogP contribution is -2.36. The first-order valence-electron chi connectivity index (χ1n) is 6.45. The molecule has 18 heavy (non-hydrogen) atoms. The second-order valence-corrected chi connectivity index (χ2v) is 5.39. The Hall–Kier alpha value is -0.870. The van der Waals surface area contributed by atoms with E-state index in [0.29, 0.717) is 5.88 Å². The summed E-state index contributed by atoms with van der Waals surface area (Å²) in [4.78, 5) is 13.3. The summed E-state index contributed by atoms with van der Waals surface area (Å²) in [5.41, 5.74) is 0.827. The third-order valence-electron chi connectivity index (χ3n) is 3.59. The van der Waals surface area contributed by atoms with Crippen molar-refractivity contribution in [3.05, 3.63) is 18.1 Å². The fourth-order valence-electron chi connectivity index (χ4n) is 2.34. The number of hydrogen-bond acceptors (Lipinski definition) is 4. The zero-order valence-corrected chi connectivity index (χ0v) is 11.9. The molecular formula is C13H21ClN4. The molecule has 1 aromatic heterocycles. The van der Waals surface area contributed by atoms with E-state index in [9.17, 15) is 0 Å². The smallest absolute Gasteiger partial charge is 0.146 e. The summed E-state index contributed by atoms with van der Waals surface area (Å²) in [5, 5.41) is 0. The van der Waals surface area contributed by atoms with Crippen molar-refractivity contribution in [3.8, 4) is 0 Å². The van der Waals surface area contributed by atoms with Crippen LogP contribution in [0.5, 0.6) is 0 Å². The first-order chi connectivity index (χ1) is 8.69. The third-order valence-corrected chi connectivity index (χ3v) is 3.86. The second kappa shape index (κ2) is 6.34. The maximum absolute atomic E-state index is 5.71. The Morgan fingerprint density at radius 1 is 1.33 bits per heavy atom. The van der Waals surface area contributed by atoms with Gasteiger partial charge in [-0.1, -0.05) is 0 Å². The summed E-state index contributed by atoms with van der Waals surface area (Å²) in [6.45, 7) is 3.47. The van der Waals surface area contributed by atoms with Gasteiger partial charge in [-0.05, 0) is 38.9 Å². The van der Waals surface area contributed by atoms with Gasteiger partial charge in [-0.25, -0.2) is 4.98 Å². The van der Waals surface area contributed by atoms with Gasteiger partial charge in [-0.3, -0.25) is 4.98 Å². The van der Waals surface area contributed by atoms with Gasteiger partial charge in [0.15, 0.2) is 0 Å². The maximum Gasteiger partial charge on any atom is 0.146 e. The van der Waals surface area contributed by atoms with Gasteiger partial charge >= 0.3 is 0 Å². The Morgan fingerprint density at radius 2 is 2.06 bits per heavy atom. The highest BCUT2D eigenvalue weighted by Gasteiger charge is 2.18. The van der Waals surface area contributed by atoms with Crippen LogP contribution >= 0.6 is 11.6 Å². The molecule has 0 radical (unpaired) electrons. The molecule has 4 nitrogen and oxygen atoms in total. The molecule has 100 valence electrons. The number of aromatic nitrogens is 2. The quantitative estimate of drug-likeness (QED) is 0.782. The van der Waals surface area contributed by atoms with Crippen LogP contribution in [0.1, 0.15) is 18.5 Å². The van der Waals surface area contributed by atoms with Gasteiger partial charge < -0.3 is 9.80 Å². The molecule has 0 amide bonds. The van der Waals surface area contributed by atoms with Crippen LogP contribution < -0.4 is 4.90 Å². The predicted molar refractivity (Wildman–Crippen MR) is 75.1 cm³/mol. The van der Waals surface area contributed by atoms with E-state index in [1.165, 1.54) is 25.9 Å². The average Bonchev–Trinajstić information content (AvgIpc) is 2.41. The number of alkyl halides is 1. The highest BCUT2D eigenvalue weighted by Crippen LogP contribution is 2.19. The van der Waals surface area contributed by atoms with E-state index in [-0.39, 0.29) is 0 Å². The van der Waals surface area contributed by atoms with Gasteiger partial charge in [0.25, 0.3) is 0 Å². The van der Waals surface area contributed by atoms with Crippen LogP contribution in [-0.4, -0.2) is 48.6 Å². The lowest BCUT2D eigenvalue weighted by molar-refractivity contribution is 0.222. The van der Waals surface area contributed by atoms with Crippen molar-refractivity contribution < 1.29 is 0 Å². The molecule has 0 spiro atoms. The number of nitrogens with zero attached hydrogens (tertiary/aromatic N) is 4. The number of piperidine rings is 1. The standard InChI is InChI=1S/C13H21ClN4/c1-17-5-3-11(4-6-17)10-18(2)13-9-15-12(7-14)8-16-13/h8-9,11H,3-7,10H2,1-2H3. The van der Waals surface area contributed by atoms with Crippen LogP contribution in [-0.2, 0) is 5.88 Å². The molecule has 1 aliphatic rings. The molecule has 0 N–H and O–H groups in total. The van der Waals surface area contributed by atoms with Gasteiger partial charge in [0.2, 0.25) is 0 Å². The molecule has 0 atom stereocenters. The van der Waals surface area contributed by atoms with Crippen LogP contribution in [0.15, 0.2) is 12.4 Å². The summed E-state index contributed by atoms with van der Waals surface area (Å²) in [6.07, 6.45) is 6.11. The third kappa shape index (κ3) is 3.56. The van der Waals surface area contributed by atoms with Gasteiger partial charge in [-0.2, -0.15) is 0 Å². The minimum absolute atomic E-state index is 0.423. The molecule has 1 fully saturated rings. The Kier molecular flexibility index (Phi) is 4.78. The van der Waals surface area contributed by atoms with Crippen molar-refractivity contribution in [2.75, 3.05) is 38.6 Å². The van der Waals surface area contributed by atoms with Crippen LogP contribution in [0.2, 0.25) is 0 Å². The Balaban J connectivity index is 1.88. The highest BCUT2D eigenvalue weighted by atomic mass is 35.5. The molecule has 0 bridgehead atoms. The average molecular weight is 269 g/mol. The number of rotatable bonds is 4. The SMILES string of the molecule is CN1CCC(CN(C)c2cnc(CCl)cn2)CC1. The van der Waals surface area contributed by atoms with Gasteiger partial charge in [0.05, 0.1) is 24.0 Å². The topological polar surface area (TPSA) is 32.3 Å². The second-order valence-electron chi connectivity index (χ2n) is 5.13. The van der Waals surface area contributed by atoms with Crippen LogP contribution in [0, 0.1) is 5.92 Å². The van der Waals surface area contributed by atoms with E-state index >= 15 is 0 Å². The number of likely N-dealkylation sites (tertiary alicyclic amines) is 1. The number of hydrogen-bond donors (Lipinski definition) is 0. The monoisotopic (exact) mass is 268 g/mol. The van der Waals surface area contributed by atoms with Crippen molar-refractivity contribution in [1.29, 1.82) is 0 Å². The Bertz CT molecular complexity index is 360. The lowest BCUT2D eigenvalue weighted by Gasteiger charge is -2.31. The van der Waals surface area contributed by atoms with Crippen molar-refractivity contribution in [1.82, 2.24) is 14.9 Å². The van der Waals surface area contributed by atoms with E-state index in [1.54, 1.807) is 6.20 Å². The molecule has 5 heteroatoms. The normalized spacial score (nSPS) is 17.9. The zero-order valence-electron chi connectivity index (χ0n) is 11.1. The molecule has 0 saturated carbocycles. The molecule has 1 saturated heterocycles. The zero-order chi connectivity index (χ0) is 13.0. The molecule has 0 aliphatic carbocycles. The summed E-state index contributed by atoms with van der Waals surface area (Å²) >= 11 is 5.71. The van der Waals surface area contributed by atoms with Gasteiger partial charge in [0, 0.05) is 13.6 Å². The van der Waals surface area contributed by atoms with E-state index in [4.69, 9.17) is 11.6 Å². The predicted octanol–water partition coefficient (Wildman–Crippen LogP) is 1.99.